The minimum atomic E-state index is 0.484. The van der Waals surface area contributed by atoms with E-state index in [1.165, 1.54) is 38.6 Å². The summed E-state index contributed by atoms with van der Waals surface area (Å²) in [6, 6.07) is 0. The van der Waals surface area contributed by atoms with Crippen LogP contribution in [0.2, 0.25) is 0 Å². The summed E-state index contributed by atoms with van der Waals surface area (Å²) in [7, 11) is 0. The minimum absolute atomic E-state index is 0.484. The van der Waals surface area contributed by atoms with Crippen LogP contribution in [-0.2, 0) is 0 Å². The fraction of sp³-hybridized carbons (Fsp3) is 1.00. The van der Waals surface area contributed by atoms with Crippen molar-refractivity contribution in [2.24, 2.45) is 11.8 Å². The number of hydrogen-bond acceptors (Lipinski definition) is 1. The average Bonchev–Trinajstić information content (AvgIpc) is 2.55. The molecule has 1 rings (SSSR count). The van der Waals surface area contributed by atoms with Crippen molar-refractivity contribution in [3.63, 3.8) is 0 Å². The third-order valence-electron chi connectivity index (χ3n) is 3.82. The van der Waals surface area contributed by atoms with E-state index in [4.69, 9.17) is 0 Å². The molecular weight excluding hydrogens is 170 g/mol. The van der Waals surface area contributed by atoms with Crippen LogP contribution >= 0.6 is 0 Å². The van der Waals surface area contributed by atoms with Crippen molar-refractivity contribution in [3.8, 4) is 0 Å². The summed E-state index contributed by atoms with van der Waals surface area (Å²) in [6.45, 7) is 10.6. The van der Waals surface area contributed by atoms with E-state index in [2.05, 4.69) is 33.0 Å². The van der Waals surface area contributed by atoms with Crippen LogP contribution in [0, 0.1) is 11.8 Å². The van der Waals surface area contributed by atoms with Gasteiger partial charge < -0.3 is 5.32 Å². The Hall–Kier alpha value is -0.0400. The smallest absolute Gasteiger partial charge is 0.0212 e. The molecule has 1 fully saturated rings. The van der Waals surface area contributed by atoms with E-state index < -0.39 is 0 Å². The SMILES string of the molecule is CCC(CC)C1(CC(C)C)CCCN1. The molecule has 1 aliphatic rings. The normalized spacial score (nSPS) is 27.9. The highest BCUT2D eigenvalue weighted by Gasteiger charge is 2.39. The van der Waals surface area contributed by atoms with Crippen molar-refractivity contribution in [2.45, 2.75) is 65.3 Å². The van der Waals surface area contributed by atoms with E-state index in [-0.39, 0.29) is 0 Å². The first-order valence-electron chi connectivity index (χ1n) is 6.39. The van der Waals surface area contributed by atoms with Crippen LogP contribution in [0.15, 0.2) is 0 Å². The Labute approximate surface area is 89.7 Å². The summed E-state index contributed by atoms with van der Waals surface area (Å²) < 4.78 is 0. The molecule has 0 spiro atoms. The van der Waals surface area contributed by atoms with Crippen LogP contribution in [-0.4, -0.2) is 12.1 Å². The lowest BCUT2D eigenvalue weighted by Gasteiger charge is -2.38. The van der Waals surface area contributed by atoms with Crippen LogP contribution in [0.5, 0.6) is 0 Å². The van der Waals surface area contributed by atoms with Crippen LogP contribution in [0.4, 0.5) is 0 Å². The van der Waals surface area contributed by atoms with E-state index in [1.54, 1.807) is 0 Å². The minimum Gasteiger partial charge on any atom is -0.311 e. The number of rotatable bonds is 5. The van der Waals surface area contributed by atoms with Crippen molar-refractivity contribution in [1.82, 2.24) is 5.32 Å². The maximum atomic E-state index is 3.80. The van der Waals surface area contributed by atoms with E-state index in [0.717, 1.165) is 11.8 Å². The van der Waals surface area contributed by atoms with E-state index in [9.17, 15) is 0 Å². The van der Waals surface area contributed by atoms with Crippen LogP contribution in [0.1, 0.15) is 59.8 Å². The Morgan fingerprint density at radius 3 is 2.21 bits per heavy atom. The third kappa shape index (κ3) is 2.50. The molecule has 1 heteroatoms. The lowest BCUT2D eigenvalue weighted by Crippen LogP contribution is -2.47. The molecule has 1 N–H and O–H groups in total. The first kappa shape index (κ1) is 12.0. The topological polar surface area (TPSA) is 12.0 Å². The Bertz CT molecular complexity index is 153. The Kier molecular flexibility index (Phi) is 4.43. The van der Waals surface area contributed by atoms with Crippen molar-refractivity contribution in [1.29, 1.82) is 0 Å². The molecule has 0 amide bonds. The van der Waals surface area contributed by atoms with Gasteiger partial charge in [-0.15, -0.1) is 0 Å². The van der Waals surface area contributed by atoms with Gasteiger partial charge in [-0.2, -0.15) is 0 Å². The van der Waals surface area contributed by atoms with Crippen LogP contribution in [0.3, 0.4) is 0 Å². The van der Waals surface area contributed by atoms with Gasteiger partial charge in [-0.25, -0.2) is 0 Å². The Morgan fingerprint density at radius 1 is 1.21 bits per heavy atom. The van der Waals surface area contributed by atoms with Gasteiger partial charge in [0.25, 0.3) is 0 Å². The first-order chi connectivity index (χ1) is 6.64. The lowest BCUT2D eigenvalue weighted by molar-refractivity contribution is 0.185. The first-order valence-corrected chi connectivity index (χ1v) is 6.39. The van der Waals surface area contributed by atoms with E-state index in [1.807, 2.05) is 0 Å². The summed E-state index contributed by atoms with van der Waals surface area (Å²) in [4.78, 5) is 0. The highest BCUT2D eigenvalue weighted by Crippen LogP contribution is 2.37. The second kappa shape index (κ2) is 5.16. The van der Waals surface area contributed by atoms with Crippen LogP contribution in [0.25, 0.3) is 0 Å². The van der Waals surface area contributed by atoms with Gasteiger partial charge in [0.1, 0.15) is 0 Å². The molecule has 0 aromatic carbocycles. The van der Waals surface area contributed by atoms with Crippen molar-refractivity contribution >= 4 is 0 Å². The van der Waals surface area contributed by atoms with Crippen molar-refractivity contribution < 1.29 is 0 Å². The standard InChI is InChI=1S/C13H27N/c1-5-12(6-2)13(10-11(3)4)8-7-9-14-13/h11-12,14H,5-10H2,1-4H3. The monoisotopic (exact) mass is 197 g/mol. The fourth-order valence-corrected chi connectivity index (χ4v) is 3.32. The molecule has 0 radical (unpaired) electrons. The molecule has 0 aliphatic carbocycles. The van der Waals surface area contributed by atoms with E-state index in [0.29, 0.717) is 5.54 Å². The second-order valence-corrected chi connectivity index (χ2v) is 5.30. The molecule has 1 atom stereocenters. The van der Waals surface area contributed by atoms with Gasteiger partial charge in [0.2, 0.25) is 0 Å². The van der Waals surface area contributed by atoms with E-state index >= 15 is 0 Å². The maximum Gasteiger partial charge on any atom is 0.0212 e. The predicted molar refractivity (Wildman–Crippen MR) is 63.5 cm³/mol. The van der Waals surface area contributed by atoms with Gasteiger partial charge in [-0.05, 0) is 37.6 Å². The van der Waals surface area contributed by atoms with Crippen molar-refractivity contribution in [2.75, 3.05) is 6.54 Å². The molecule has 1 nitrogen and oxygen atoms in total. The Balaban J connectivity index is 2.69. The van der Waals surface area contributed by atoms with Gasteiger partial charge in [0, 0.05) is 5.54 Å². The lowest BCUT2D eigenvalue weighted by atomic mass is 9.74. The zero-order valence-corrected chi connectivity index (χ0v) is 10.4. The molecule has 1 aliphatic heterocycles. The zero-order valence-electron chi connectivity index (χ0n) is 10.4. The highest BCUT2D eigenvalue weighted by atomic mass is 15.0. The third-order valence-corrected chi connectivity index (χ3v) is 3.82. The molecule has 0 aromatic heterocycles. The van der Waals surface area contributed by atoms with Gasteiger partial charge in [0.05, 0.1) is 0 Å². The quantitative estimate of drug-likeness (QED) is 0.710. The highest BCUT2D eigenvalue weighted by molar-refractivity contribution is 4.98. The molecule has 1 unspecified atom stereocenters. The fourth-order valence-electron chi connectivity index (χ4n) is 3.32. The van der Waals surface area contributed by atoms with Crippen molar-refractivity contribution in [3.05, 3.63) is 0 Å². The molecule has 0 saturated carbocycles. The molecule has 0 bridgehead atoms. The average molecular weight is 197 g/mol. The Morgan fingerprint density at radius 2 is 1.86 bits per heavy atom. The zero-order chi connectivity index (χ0) is 10.6. The van der Waals surface area contributed by atoms with Gasteiger partial charge in [-0.3, -0.25) is 0 Å². The largest absolute Gasteiger partial charge is 0.311 e. The summed E-state index contributed by atoms with van der Waals surface area (Å²) >= 11 is 0. The summed E-state index contributed by atoms with van der Waals surface area (Å²) in [5.41, 5.74) is 0.484. The maximum absolute atomic E-state index is 3.80. The molecule has 1 saturated heterocycles. The van der Waals surface area contributed by atoms with Gasteiger partial charge >= 0.3 is 0 Å². The summed E-state index contributed by atoms with van der Waals surface area (Å²) in [5.74, 6) is 1.70. The summed E-state index contributed by atoms with van der Waals surface area (Å²) in [5, 5.41) is 3.80. The molecule has 0 aromatic rings. The predicted octanol–water partition coefficient (Wildman–Crippen LogP) is 3.59. The van der Waals surface area contributed by atoms with Gasteiger partial charge in [-0.1, -0.05) is 40.5 Å². The van der Waals surface area contributed by atoms with Crippen LogP contribution < -0.4 is 5.32 Å². The molecule has 84 valence electrons. The molecular formula is C13H27N. The molecule has 14 heavy (non-hydrogen) atoms. The number of hydrogen-bond donors (Lipinski definition) is 1. The number of nitrogens with one attached hydrogen (secondary N) is 1. The second-order valence-electron chi connectivity index (χ2n) is 5.30. The summed E-state index contributed by atoms with van der Waals surface area (Å²) in [6.07, 6.45) is 6.80. The molecule has 1 heterocycles. The van der Waals surface area contributed by atoms with Gasteiger partial charge in [0.15, 0.2) is 0 Å².